The Balaban J connectivity index is 3.21. The van der Waals surface area contributed by atoms with Crippen molar-refractivity contribution in [3.8, 4) is 0 Å². The van der Waals surface area contributed by atoms with E-state index in [0.717, 1.165) is 6.42 Å². The molecule has 2 N–H and O–H groups in total. The van der Waals surface area contributed by atoms with Crippen LogP contribution in [0.1, 0.15) is 20.3 Å². The first kappa shape index (κ1) is 9.59. The van der Waals surface area contributed by atoms with Crippen LogP contribution in [-0.4, -0.2) is 25.0 Å². The van der Waals surface area contributed by atoms with Gasteiger partial charge >= 0.3 is 0 Å². The lowest BCUT2D eigenvalue weighted by Gasteiger charge is -2.06. The zero-order valence-corrected chi connectivity index (χ0v) is 6.59. The van der Waals surface area contributed by atoms with Crippen LogP contribution in [0.2, 0.25) is 0 Å². The quantitative estimate of drug-likeness (QED) is 0.567. The number of hydrogen-bond donors (Lipinski definition) is 1. The molecule has 0 rings (SSSR count). The van der Waals surface area contributed by atoms with Gasteiger partial charge in [0.25, 0.3) is 0 Å². The number of nitrogens with two attached hydrogens (primary N) is 1. The van der Waals surface area contributed by atoms with Crippen LogP contribution in [0.4, 0.5) is 0 Å². The molecular formula is C7H15NO2. The Labute approximate surface area is 61.5 Å². The van der Waals surface area contributed by atoms with Crippen LogP contribution in [0, 0.1) is 0 Å². The highest BCUT2D eigenvalue weighted by molar-refractivity contribution is 5.81. The number of hydrogen-bond acceptors (Lipinski definition) is 3. The molecular weight excluding hydrogens is 130 g/mol. The summed E-state index contributed by atoms with van der Waals surface area (Å²) < 4.78 is 5.06. The topological polar surface area (TPSA) is 52.3 Å². The van der Waals surface area contributed by atoms with Crippen molar-refractivity contribution in [2.45, 2.75) is 26.3 Å². The number of Topliss-reactive ketones (excluding diaryl/α,β-unsaturated/α-hetero) is 1. The Kier molecular flexibility index (Phi) is 5.16. The summed E-state index contributed by atoms with van der Waals surface area (Å²) in [7, 11) is 0. The first-order valence-corrected chi connectivity index (χ1v) is 3.52. The minimum atomic E-state index is -0.438. The second kappa shape index (κ2) is 5.38. The molecule has 0 heterocycles. The molecule has 3 heteroatoms. The van der Waals surface area contributed by atoms with E-state index < -0.39 is 6.04 Å². The molecule has 0 aliphatic heterocycles. The van der Waals surface area contributed by atoms with Crippen molar-refractivity contribution < 1.29 is 9.53 Å². The van der Waals surface area contributed by atoms with E-state index in [1.165, 1.54) is 6.92 Å². The molecule has 0 spiro atoms. The second-order valence-corrected chi connectivity index (χ2v) is 2.29. The van der Waals surface area contributed by atoms with Crippen LogP contribution in [0.5, 0.6) is 0 Å². The van der Waals surface area contributed by atoms with Gasteiger partial charge in [-0.25, -0.2) is 0 Å². The number of carbonyl (C=O) groups excluding carboxylic acids is 1. The molecule has 0 saturated heterocycles. The Morgan fingerprint density at radius 1 is 1.70 bits per heavy atom. The normalized spacial score (nSPS) is 13.1. The number of ether oxygens (including phenoxy) is 1. The number of rotatable bonds is 5. The third-order valence-corrected chi connectivity index (χ3v) is 1.17. The third-order valence-electron chi connectivity index (χ3n) is 1.17. The van der Waals surface area contributed by atoms with Crippen molar-refractivity contribution >= 4 is 5.78 Å². The average Bonchev–Trinajstić information content (AvgIpc) is 1.88. The highest BCUT2D eigenvalue weighted by Gasteiger charge is 2.06. The van der Waals surface area contributed by atoms with E-state index in [2.05, 4.69) is 0 Å². The lowest BCUT2D eigenvalue weighted by Crippen LogP contribution is -2.33. The van der Waals surface area contributed by atoms with Gasteiger partial charge in [-0.1, -0.05) is 6.92 Å². The molecule has 0 fully saturated rings. The smallest absolute Gasteiger partial charge is 0.148 e. The van der Waals surface area contributed by atoms with Gasteiger partial charge in [0.15, 0.2) is 0 Å². The Morgan fingerprint density at radius 2 is 2.30 bits per heavy atom. The molecule has 0 saturated carbocycles. The van der Waals surface area contributed by atoms with E-state index >= 15 is 0 Å². The molecule has 1 atom stereocenters. The molecule has 3 nitrogen and oxygen atoms in total. The fourth-order valence-electron chi connectivity index (χ4n) is 0.472. The Hall–Kier alpha value is -0.410. The van der Waals surface area contributed by atoms with Gasteiger partial charge in [-0.3, -0.25) is 4.79 Å². The molecule has 0 aromatic carbocycles. The number of ketones is 1. The fourth-order valence-corrected chi connectivity index (χ4v) is 0.472. The summed E-state index contributed by atoms with van der Waals surface area (Å²) in [6, 6.07) is -0.438. The molecule has 60 valence electrons. The standard InChI is InChI=1S/C7H15NO2/c1-3-4-10-5-7(8)6(2)9/h7H,3-5,8H2,1-2H3/t7-/m1/s1. The SMILES string of the molecule is CCCOC[C@@H](N)C(C)=O. The largest absolute Gasteiger partial charge is 0.379 e. The lowest BCUT2D eigenvalue weighted by molar-refractivity contribution is -0.119. The summed E-state index contributed by atoms with van der Waals surface area (Å²) >= 11 is 0. The lowest BCUT2D eigenvalue weighted by atomic mass is 10.2. The summed E-state index contributed by atoms with van der Waals surface area (Å²) in [4.78, 5) is 10.5. The van der Waals surface area contributed by atoms with Gasteiger partial charge in [-0.05, 0) is 13.3 Å². The Bertz CT molecular complexity index is 104. The van der Waals surface area contributed by atoms with Crippen molar-refractivity contribution in [1.29, 1.82) is 0 Å². The maximum atomic E-state index is 10.5. The van der Waals surface area contributed by atoms with Crippen molar-refractivity contribution in [3.05, 3.63) is 0 Å². The van der Waals surface area contributed by atoms with E-state index in [1.807, 2.05) is 6.92 Å². The van der Waals surface area contributed by atoms with Crippen molar-refractivity contribution in [2.75, 3.05) is 13.2 Å². The maximum Gasteiger partial charge on any atom is 0.148 e. The van der Waals surface area contributed by atoms with E-state index in [4.69, 9.17) is 10.5 Å². The molecule has 0 aromatic rings. The molecule has 0 aliphatic rings. The minimum absolute atomic E-state index is 0.0175. The van der Waals surface area contributed by atoms with Crippen LogP contribution >= 0.6 is 0 Å². The molecule has 0 bridgehead atoms. The highest BCUT2D eigenvalue weighted by Crippen LogP contribution is 1.85. The van der Waals surface area contributed by atoms with Gasteiger partial charge < -0.3 is 10.5 Å². The zero-order chi connectivity index (χ0) is 7.98. The molecule has 0 aliphatic carbocycles. The summed E-state index contributed by atoms with van der Waals surface area (Å²) in [5.74, 6) is -0.0175. The third kappa shape index (κ3) is 4.47. The summed E-state index contributed by atoms with van der Waals surface area (Å²) in [5.41, 5.74) is 5.38. The summed E-state index contributed by atoms with van der Waals surface area (Å²) in [5, 5.41) is 0. The van der Waals surface area contributed by atoms with Crippen molar-refractivity contribution in [2.24, 2.45) is 5.73 Å². The second-order valence-electron chi connectivity index (χ2n) is 2.29. The zero-order valence-electron chi connectivity index (χ0n) is 6.59. The first-order chi connectivity index (χ1) is 4.68. The van der Waals surface area contributed by atoms with Gasteiger partial charge in [0.05, 0.1) is 12.6 Å². The summed E-state index contributed by atoms with van der Waals surface area (Å²) in [6.07, 6.45) is 0.963. The van der Waals surface area contributed by atoms with E-state index in [1.54, 1.807) is 0 Å². The minimum Gasteiger partial charge on any atom is -0.379 e. The van der Waals surface area contributed by atoms with Gasteiger partial charge in [-0.15, -0.1) is 0 Å². The van der Waals surface area contributed by atoms with Crippen LogP contribution < -0.4 is 5.73 Å². The molecule has 10 heavy (non-hydrogen) atoms. The van der Waals surface area contributed by atoms with Crippen LogP contribution in [0.15, 0.2) is 0 Å². The average molecular weight is 145 g/mol. The predicted octanol–water partition coefficient (Wildman–Crippen LogP) is 0.329. The Morgan fingerprint density at radius 3 is 2.70 bits per heavy atom. The van der Waals surface area contributed by atoms with Gasteiger partial charge in [0.1, 0.15) is 5.78 Å². The molecule has 0 radical (unpaired) electrons. The molecule has 0 aromatic heterocycles. The molecule has 0 amide bonds. The predicted molar refractivity (Wildman–Crippen MR) is 39.8 cm³/mol. The number of carbonyl (C=O) groups is 1. The fraction of sp³-hybridized carbons (Fsp3) is 0.857. The van der Waals surface area contributed by atoms with Crippen molar-refractivity contribution in [3.63, 3.8) is 0 Å². The van der Waals surface area contributed by atoms with E-state index in [-0.39, 0.29) is 5.78 Å². The van der Waals surface area contributed by atoms with E-state index in [0.29, 0.717) is 13.2 Å². The van der Waals surface area contributed by atoms with Gasteiger partial charge in [0, 0.05) is 6.61 Å². The van der Waals surface area contributed by atoms with Gasteiger partial charge in [0.2, 0.25) is 0 Å². The van der Waals surface area contributed by atoms with Crippen LogP contribution in [-0.2, 0) is 9.53 Å². The van der Waals surface area contributed by atoms with Gasteiger partial charge in [-0.2, -0.15) is 0 Å². The van der Waals surface area contributed by atoms with Crippen molar-refractivity contribution in [1.82, 2.24) is 0 Å². The monoisotopic (exact) mass is 145 g/mol. The maximum absolute atomic E-state index is 10.5. The molecule has 0 unspecified atom stereocenters. The summed E-state index contributed by atoms with van der Waals surface area (Å²) in [6.45, 7) is 4.52. The first-order valence-electron chi connectivity index (χ1n) is 3.52. The highest BCUT2D eigenvalue weighted by atomic mass is 16.5. The van der Waals surface area contributed by atoms with Crippen LogP contribution in [0.3, 0.4) is 0 Å². The van der Waals surface area contributed by atoms with Crippen LogP contribution in [0.25, 0.3) is 0 Å². The van der Waals surface area contributed by atoms with E-state index in [9.17, 15) is 4.79 Å².